The highest BCUT2D eigenvalue weighted by Gasteiger charge is 2.18. The number of carbonyl (C=O) groups excluding carboxylic acids is 1. The predicted octanol–water partition coefficient (Wildman–Crippen LogP) is 0.819. The molecule has 6 heteroatoms. The van der Waals surface area contributed by atoms with E-state index in [1.807, 2.05) is 37.3 Å². The van der Waals surface area contributed by atoms with Gasteiger partial charge in [-0.25, -0.2) is 0 Å². The summed E-state index contributed by atoms with van der Waals surface area (Å²) in [5.41, 5.74) is 7.36. The van der Waals surface area contributed by atoms with Crippen LogP contribution in [0.2, 0.25) is 0 Å². The molecule has 4 N–H and O–H groups in total. The molecule has 1 aromatic heterocycles. The van der Waals surface area contributed by atoms with Gasteiger partial charge in [-0.05, 0) is 18.9 Å². The summed E-state index contributed by atoms with van der Waals surface area (Å²) in [5.74, 6) is -0.366. The molecule has 0 spiro atoms. The molecule has 0 aliphatic rings. The van der Waals surface area contributed by atoms with Gasteiger partial charge in [-0.15, -0.1) is 0 Å². The number of rotatable bonds is 6. The van der Waals surface area contributed by atoms with E-state index in [1.165, 1.54) is 0 Å². The van der Waals surface area contributed by atoms with Crippen molar-refractivity contribution in [1.82, 2.24) is 15.1 Å². The molecule has 0 unspecified atom stereocenters. The number of nitrogens with two attached hydrogens (primary N) is 1. The number of aryl methyl sites for hydroxylation is 1. The van der Waals surface area contributed by atoms with Crippen molar-refractivity contribution in [3.05, 3.63) is 47.8 Å². The zero-order valence-electron chi connectivity index (χ0n) is 12.0. The average Bonchev–Trinajstić information content (AvgIpc) is 2.88. The number of carbonyl (C=O) groups is 1. The second-order valence-corrected chi connectivity index (χ2v) is 4.83. The number of aliphatic hydroxyl groups excluding tert-OH is 1. The fourth-order valence-electron chi connectivity index (χ4n) is 2.09. The van der Waals surface area contributed by atoms with Crippen LogP contribution in [0.15, 0.2) is 36.5 Å². The number of hydrogen-bond donors (Lipinski definition) is 3. The van der Waals surface area contributed by atoms with Gasteiger partial charge in [-0.1, -0.05) is 30.3 Å². The number of anilines is 1. The Bertz CT molecular complexity index is 595. The van der Waals surface area contributed by atoms with Crippen LogP contribution in [0.25, 0.3) is 0 Å². The third-order valence-electron chi connectivity index (χ3n) is 3.21. The second-order valence-electron chi connectivity index (χ2n) is 4.83. The van der Waals surface area contributed by atoms with Gasteiger partial charge in [0.2, 0.25) is 0 Å². The summed E-state index contributed by atoms with van der Waals surface area (Å²) in [6.07, 6.45) is 2.18. The van der Waals surface area contributed by atoms with Gasteiger partial charge in [-0.2, -0.15) is 5.10 Å². The van der Waals surface area contributed by atoms with E-state index in [0.29, 0.717) is 18.7 Å². The highest BCUT2D eigenvalue weighted by molar-refractivity contribution is 5.97. The van der Waals surface area contributed by atoms with Gasteiger partial charge >= 0.3 is 0 Å². The zero-order chi connectivity index (χ0) is 15.2. The number of hydrogen-bond acceptors (Lipinski definition) is 4. The SMILES string of the molecule is CCn1cc(N)c(C(=O)N[C@H](CO)Cc2ccccc2)n1. The van der Waals surface area contributed by atoms with Crippen LogP contribution in [0.5, 0.6) is 0 Å². The fraction of sp³-hybridized carbons (Fsp3) is 0.333. The van der Waals surface area contributed by atoms with Gasteiger partial charge in [0.15, 0.2) is 5.69 Å². The molecule has 1 heterocycles. The molecule has 1 amide bonds. The quantitative estimate of drug-likeness (QED) is 0.733. The lowest BCUT2D eigenvalue weighted by atomic mass is 10.1. The molecule has 0 aliphatic carbocycles. The maximum Gasteiger partial charge on any atom is 0.274 e. The number of aromatic nitrogens is 2. The van der Waals surface area contributed by atoms with Crippen LogP contribution in [0, 0.1) is 0 Å². The lowest BCUT2D eigenvalue weighted by Crippen LogP contribution is -2.39. The first-order chi connectivity index (χ1) is 10.1. The Morgan fingerprint density at radius 2 is 2.14 bits per heavy atom. The normalized spacial score (nSPS) is 12.1. The maximum absolute atomic E-state index is 12.2. The number of nitrogen functional groups attached to an aromatic ring is 1. The molecular weight excluding hydrogens is 268 g/mol. The van der Waals surface area contributed by atoms with Gasteiger partial charge in [0, 0.05) is 12.7 Å². The molecule has 21 heavy (non-hydrogen) atoms. The molecule has 2 rings (SSSR count). The molecular formula is C15H20N4O2. The van der Waals surface area contributed by atoms with Crippen molar-refractivity contribution in [3.63, 3.8) is 0 Å². The summed E-state index contributed by atoms with van der Waals surface area (Å²) in [5, 5.41) is 16.3. The minimum atomic E-state index is -0.369. The van der Waals surface area contributed by atoms with Gasteiger partial charge in [-0.3, -0.25) is 9.48 Å². The first-order valence-corrected chi connectivity index (χ1v) is 6.92. The monoisotopic (exact) mass is 288 g/mol. The Kier molecular flexibility index (Phi) is 4.94. The van der Waals surface area contributed by atoms with Crippen molar-refractivity contribution >= 4 is 11.6 Å². The fourth-order valence-corrected chi connectivity index (χ4v) is 2.09. The summed E-state index contributed by atoms with van der Waals surface area (Å²) in [4.78, 5) is 12.2. The lowest BCUT2D eigenvalue weighted by molar-refractivity contribution is 0.0911. The molecule has 1 aromatic carbocycles. The average molecular weight is 288 g/mol. The van der Waals surface area contributed by atoms with Crippen LogP contribution in [-0.4, -0.2) is 33.4 Å². The number of amides is 1. The van der Waals surface area contributed by atoms with Gasteiger partial charge in [0.25, 0.3) is 5.91 Å². The van der Waals surface area contributed by atoms with E-state index < -0.39 is 0 Å². The molecule has 0 fully saturated rings. The lowest BCUT2D eigenvalue weighted by Gasteiger charge is -2.15. The van der Waals surface area contributed by atoms with Crippen molar-refractivity contribution in [2.45, 2.75) is 25.9 Å². The third-order valence-corrected chi connectivity index (χ3v) is 3.21. The summed E-state index contributed by atoms with van der Waals surface area (Å²) < 4.78 is 1.61. The Balaban J connectivity index is 2.04. The van der Waals surface area contributed by atoms with E-state index in [2.05, 4.69) is 10.4 Å². The van der Waals surface area contributed by atoms with Crippen molar-refractivity contribution in [2.24, 2.45) is 0 Å². The van der Waals surface area contributed by atoms with Gasteiger partial charge in [0.05, 0.1) is 18.3 Å². The van der Waals surface area contributed by atoms with Gasteiger partial charge in [0.1, 0.15) is 0 Å². The minimum Gasteiger partial charge on any atom is -0.396 e. The Labute approximate surface area is 123 Å². The standard InChI is InChI=1S/C15H20N4O2/c1-2-19-9-13(16)14(18-19)15(21)17-12(10-20)8-11-6-4-3-5-7-11/h3-7,9,12,20H,2,8,10,16H2,1H3,(H,17,21)/t12-/m0/s1. The molecule has 2 aromatic rings. The predicted molar refractivity (Wildman–Crippen MR) is 80.8 cm³/mol. The van der Waals surface area contributed by atoms with E-state index in [9.17, 15) is 9.90 Å². The molecule has 0 saturated heterocycles. The van der Waals surface area contributed by atoms with Crippen LogP contribution in [-0.2, 0) is 13.0 Å². The summed E-state index contributed by atoms with van der Waals surface area (Å²) >= 11 is 0. The van der Waals surface area contributed by atoms with Crippen LogP contribution < -0.4 is 11.1 Å². The maximum atomic E-state index is 12.2. The smallest absolute Gasteiger partial charge is 0.274 e. The number of aliphatic hydroxyl groups is 1. The topological polar surface area (TPSA) is 93.2 Å². The van der Waals surface area contributed by atoms with Crippen LogP contribution in [0.1, 0.15) is 23.0 Å². The molecule has 1 atom stereocenters. The second kappa shape index (κ2) is 6.90. The van der Waals surface area contributed by atoms with Crippen molar-refractivity contribution in [3.8, 4) is 0 Å². The molecule has 0 bridgehead atoms. The van der Waals surface area contributed by atoms with E-state index in [4.69, 9.17) is 5.73 Å². The minimum absolute atomic E-state index is 0.144. The first kappa shape index (κ1) is 15.1. The molecule has 0 aliphatic heterocycles. The summed E-state index contributed by atoms with van der Waals surface area (Å²) in [6, 6.07) is 9.31. The number of nitrogens with one attached hydrogen (secondary N) is 1. The van der Waals surface area contributed by atoms with Crippen LogP contribution >= 0.6 is 0 Å². The summed E-state index contributed by atoms with van der Waals surface area (Å²) in [6.45, 7) is 2.42. The van der Waals surface area contributed by atoms with Crippen LogP contribution in [0.3, 0.4) is 0 Å². The molecule has 0 radical (unpaired) electrons. The Hall–Kier alpha value is -2.34. The largest absolute Gasteiger partial charge is 0.396 e. The Morgan fingerprint density at radius 3 is 2.71 bits per heavy atom. The number of benzene rings is 1. The summed E-state index contributed by atoms with van der Waals surface area (Å²) in [7, 11) is 0. The van der Waals surface area contributed by atoms with Crippen molar-refractivity contribution in [2.75, 3.05) is 12.3 Å². The van der Waals surface area contributed by atoms with E-state index in [-0.39, 0.29) is 24.2 Å². The Morgan fingerprint density at radius 1 is 1.43 bits per heavy atom. The third kappa shape index (κ3) is 3.82. The molecule has 6 nitrogen and oxygen atoms in total. The number of nitrogens with zero attached hydrogens (tertiary/aromatic N) is 2. The van der Waals surface area contributed by atoms with E-state index in [1.54, 1.807) is 10.9 Å². The van der Waals surface area contributed by atoms with Crippen LogP contribution in [0.4, 0.5) is 5.69 Å². The van der Waals surface area contributed by atoms with E-state index >= 15 is 0 Å². The highest BCUT2D eigenvalue weighted by Crippen LogP contribution is 2.10. The van der Waals surface area contributed by atoms with Gasteiger partial charge < -0.3 is 16.2 Å². The van der Waals surface area contributed by atoms with Crippen molar-refractivity contribution < 1.29 is 9.90 Å². The zero-order valence-corrected chi connectivity index (χ0v) is 12.0. The molecule has 112 valence electrons. The van der Waals surface area contributed by atoms with Crippen molar-refractivity contribution in [1.29, 1.82) is 0 Å². The molecule has 0 saturated carbocycles. The first-order valence-electron chi connectivity index (χ1n) is 6.92. The highest BCUT2D eigenvalue weighted by atomic mass is 16.3. The van der Waals surface area contributed by atoms with E-state index in [0.717, 1.165) is 5.56 Å².